The monoisotopic (exact) mass is 269 g/mol. The van der Waals surface area contributed by atoms with Crippen LogP contribution in [0.5, 0.6) is 0 Å². The van der Waals surface area contributed by atoms with Crippen LogP contribution >= 0.6 is 0 Å². The molecular formula is C15H27NO3. The maximum atomic E-state index is 12.2. The highest BCUT2D eigenvalue weighted by molar-refractivity contribution is 5.68. The second kappa shape index (κ2) is 5.31. The predicted octanol–water partition coefficient (Wildman–Crippen LogP) is 2.51. The highest BCUT2D eigenvalue weighted by Crippen LogP contribution is 2.42. The Kier molecular flexibility index (Phi) is 4.09. The molecular weight excluding hydrogens is 242 g/mol. The van der Waals surface area contributed by atoms with Crippen molar-refractivity contribution in [3.05, 3.63) is 0 Å². The van der Waals surface area contributed by atoms with Crippen molar-refractivity contribution in [2.45, 2.75) is 46.1 Å². The van der Waals surface area contributed by atoms with Gasteiger partial charge in [-0.25, -0.2) is 4.79 Å². The number of likely N-dealkylation sites (tertiary alicyclic amines) is 1. The lowest BCUT2D eigenvalue weighted by atomic mass is 9.66. The number of piperidine rings is 1. The van der Waals surface area contributed by atoms with E-state index in [1.807, 2.05) is 25.7 Å². The number of fused-ring (bicyclic) bond motifs is 2. The number of nitrogens with zero attached hydrogens (tertiary/aromatic N) is 1. The van der Waals surface area contributed by atoms with Gasteiger partial charge in [0, 0.05) is 19.7 Å². The Morgan fingerprint density at radius 2 is 1.79 bits per heavy atom. The second-order valence-electron chi connectivity index (χ2n) is 7.28. The van der Waals surface area contributed by atoms with Crippen molar-refractivity contribution in [2.75, 3.05) is 19.7 Å². The molecule has 4 heteroatoms. The van der Waals surface area contributed by atoms with Crippen LogP contribution in [0.25, 0.3) is 0 Å². The molecule has 1 amide bonds. The fraction of sp³-hybridized carbons (Fsp3) is 0.933. The summed E-state index contributed by atoms with van der Waals surface area (Å²) in [5, 5.41) is 9.36. The van der Waals surface area contributed by atoms with Gasteiger partial charge < -0.3 is 14.7 Å². The molecule has 1 N–H and O–H groups in total. The van der Waals surface area contributed by atoms with E-state index in [9.17, 15) is 9.90 Å². The van der Waals surface area contributed by atoms with Gasteiger partial charge in [0.15, 0.2) is 0 Å². The Labute approximate surface area is 116 Å². The van der Waals surface area contributed by atoms with E-state index in [4.69, 9.17) is 4.74 Å². The lowest BCUT2D eigenvalue weighted by Gasteiger charge is -2.48. The molecule has 0 radical (unpaired) electrons. The summed E-state index contributed by atoms with van der Waals surface area (Å²) in [6.07, 6.45) is 1.89. The molecule has 4 atom stereocenters. The zero-order valence-electron chi connectivity index (χ0n) is 12.6. The molecule has 1 aliphatic carbocycles. The SMILES string of the molecule is CC1C2CC(CO)C[C@@H]1CN(C(=O)OC(C)(C)C)C2. The largest absolute Gasteiger partial charge is 0.444 e. The molecule has 1 heterocycles. The van der Waals surface area contributed by atoms with Crippen LogP contribution in [-0.4, -0.2) is 41.4 Å². The number of hydrogen-bond donors (Lipinski definition) is 1. The lowest BCUT2D eigenvalue weighted by molar-refractivity contribution is -0.0279. The average molecular weight is 269 g/mol. The number of carbonyl (C=O) groups is 1. The van der Waals surface area contributed by atoms with Crippen LogP contribution < -0.4 is 0 Å². The molecule has 110 valence electrons. The summed E-state index contributed by atoms with van der Waals surface area (Å²) in [4.78, 5) is 14.0. The number of amides is 1. The summed E-state index contributed by atoms with van der Waals surface area (Å²) in [6, 6.07) is 0. The lowest BCUT2D eigenvalue weighted by Crippen LogP contribution is -2.52. The highest BCUT2D eigenvalue weighted by Gasteiger charge is 2.42. The third-order valence-electron chi connectivity index (χ3n) is 4.58. The van der Waals surface area contributed by atoms with Gasteiger partial charge in [0.05, 0.1) is 0 Å². The molecule has 2 fully saturated rings. The van der Waals surface area contributed by atoms with Gasteiger partial charge in [0.25, 0.3) is 0 Å². The van der Waals surface area contributed by atoms with Crippen LogP contribution in [0.2, 0.25) is 0 Å². The Morgan fingerprint density at radius 3 is 2.21 bits per heavy atom. The van der Waals surface area contributed by atoms with Gasteiger partial charge >= 0.3 is 6.09 Å². The number of aliphatic hydroxyl groups excluding tert-OH is 1. The normalized spacial score (nSPS) is 35.1. The first kappa shape index (κ1) is 14.6. The van der Waals surface area contributed by atoms with Gasteiger partial charge in [0.2, 0.25) is 0 Å². The van der Waals surface area contributed by atoms with Crippen molar-refractivity contribution < 1.29 is 14.6 Å². The topological polar surface area (TPSA) is 49.8 Å². The number of rotatable bonds is 1. The van der Waals surface area contributed by atoms with E-state index >= 15 is 0 Å². The van der Waals surface area contributed by atoms with Crippen molar-refractivity contribution >= 4 is 6.09 Å². The zero-order chi connectivity index (χ0) is 14.2. The first-order chi connectivity index (χ1) is 8.80. The molecule has 1 saturated heterocycles. The second-order valence-corrected chi connectivity index (χ2v) is 7.28. The van der Waals surface area contributed by atoms with Gasteiger partial charge in [-0.1, -0.05) is 6.92 Å². The van der Waals surface area contributed by atoms with Gasteiger partial charge in [-0.2, -0.15) is 0 Å². The third-order valence-corrected chi connectivity index (χ3v) is 4.58. The van der Waals surface area contributed by atoms with E-state index in [0.717, 1.165) is 25.9 Å². The van der Waals surface area contributed by atoms with Crippen LogP contribution in [-0.2, 0) is 4.74 Å². The summed E-state index contributed by atoms with van der Waals surface area (Å²) in [5.41, 5.74) is -0.428. The Morgan fingerprint density at radius 1 is 1.26 bits per heavy atom. The van der Waals surface area contributed by atoms with Crippen molar-refractivity contribution in [2.24, 2.45) is 23.7 Å². The van der Waals surface area contributed by atoms with E-state index in [1.165, 1.54) is 0 Å². The predicted molar refractivity (Wildman–Crippen MR) is 73.8 cm³/mol. The van der Waals surface area contributed by atoms with E-state index in [-0.39, 0.29) is 12.7 Å². The average Bonchev–Trinajstić information content (AvgIpc) is 2.26. The molecule has 2 bridgehead atoms. The number of aliphatic hydroxyl groups is 1. The summed E-state index contributed by atoms with van der Waals surface area (Å²) in [5.74, 6) is 2.10. The molecule has 3 unspecified atom stereocenters. The summed E-state index contributed by atoms with van der Waals surface area (Å²) >= 11 is 0. The van der Waals surface area contributed by atoms with Gasteiger partial charge in [-0.3, -0.25) is 0 Å². The number of carbonyl (C=O) groups excluding carboxylic acids is 1. The number of ether oxygens (including phenoxy) is 1. The molecule has 2 rings (SSSR count). The summed E-state index contributed by atoms with van der Waals surface area (Å²) in [7, 11) is 0. The first-order valence-corrected chi connectivity index (χ1v) is 7.39. The standard InChI is InChI=1S/C15H27NO3/c1-10-12-5-11(9-17)6-13(10)8-16(7-12)14(18)19-15(2,3)4/h10-13,17H,5-9H2,1-4H3/t10?,11?,12-,13?/m1/s1. The van der Waals surface area contributed by atoms with Crippen LogP contribution in [0.15, 0.2) is 0 Å². The van der Waals surface area contributed by atoms with Crippen molar-refractivity contribution in [3.63, 3.8) is 0 Å². The quantitative estimate of drug-likeness (QED) is 0.795. The molecule has 0 aromatic carbocycles. The maximum absolute atomic E-state index is 12.2. The molecule has 0 spiro atoms. The van der Waals surface area contributed by atoms with E-state index in [1.54, 1.807) is 0 Å². The maximum Gasteiger partial charge on any atom is 0.410 e. The Balaban J connectivity index is 1.99. The molecule has 1 aliphatic heterocycles. The zero-order valence-corrected chi connectivity index (χ0v) is 12.6. The molecule has 4 nitrogen and oxygen atoms in total. The molecule has 19 heavy (non-hydrogen) atoms. The van der Waals surface area contributed by atoms with Gasteiger partial charge in [-0.15, -0.1) is 0 Å². The molecule has 0 aromatic rings. The fourth-order valence-electron chi connectivity index (χ4n) is 3.51. The van der Waals surface area contributed by atoms with Crippen molar-refractivity contribution in [1.82, 2.24) is 4.90 Å². The van der Waals surface area contributed by atoms with Crippen molar-refractivity contribution in [3.8, 4) is 0 Å². The minimum absolute atomic E-state index is 0.183. The van der Waals surface area contributed by atoms with Crippen LogP contribution in [0.3, 0.4) is 0 Å². The van der Waals surface area contributed by atoms with Gasteiger partial charge in [-0.05, 0) is 57.3 Å². The fourth-order valence-corrected chi connectivity index (χ4v) is 3.51. The Bertz CT molecular complexity index is 321. The van der Waals surface area contributed by atoms with E-state index in [2.05, 4.69) is 6.92 Å². The molecule has 0 aromatic heterocycles. The van der Waals surface area contributed by atoms with E-state index in [0.29, 0.717) is 23.7 Å². The smallest absolute Gasteiger partial charge is 0.410 e. The van der Waals surface area contributed by atoms with E-state index < -0.39 is 5.60 Å². The third kappa shape index (κ3) is 3.41. The molecule has 2 aliphatic rings. The first-order valence-electron chi connectivity index (χ1n) is 7.39. The Hall–Kier alpha value is -0.770. The number of hydrogen-bond acceptors (Lipinski definition) is 3. The highest BCUT2D eigenvalue weighted by atomic mass is 16.6. The van der Waals surface area contributed by atoms with Crippen LogP contribution in [0.4, 0.5) is 4.79 Å². The molecule has 1 saturated carbocycles. The van der Waals surface area contributed by atoms with Crippen LogP contribution in [0, 0.1) is 23.7 Å². The van der Waals surface area contributed by atoms with Crippen molar-refractivity contribution in [1.29, 1.82) is 0 Å². The minimum Gasteiger partial charge on any atom is -0.444 e. The summed E-state index contributed by atoms with van der Waals surface area (Å²) in [6.45, 7) is 9.84. The summed E-state index contributed by atoms with van der Waals surface area (Å²) < 4.78 is 5.47. The van der Waals surface area contributed by atoms with Crippen LogP contribution in [0.1, 0.15) is 40.5 Å². The minimum atomic E-state index is -0.428. The van der Waals surface area contributed by atoms with Gasteiger partial charge in [0.1, 0.15) is 5.60 Å².